The van der Waals surface area contributed by atoms with Crippen LogP contribution in [0.1, 0.15) is 50.3 Å². The normalized spacial score (nSPS) is 15.0. The zero-order chi connectivity index (χ0) is 28.3. The lowest BCUT2D eigenvalue weighted by Gasteiger charge is -2.23. The third-order valence-corrected chi connectivity index (χ3v) is 7.35. The van der Waals surface area contributed by atoms with Crippen LogP contribution in [0.25, 0.3) is 5.65 Å². The minimum absolute atomic E-state index is 0.124. The minimum Gasteiger partial charge on any atom is -0.305 e. The van der Waals surface area contributed by atoms with E-state index in [1.165, 1.54) is 6.07 Å². The molecule has 5 rings (SSSR count). The number of likely N-dealkylation sites (N-methyl/N-ethyl adjacent to an activating group) is 1. The van der Waals surface area contributed by atoms with Crippen LogP contribution in [0.15, 0.2) is 67.0 Å². The average molecular weight is 545 g/mol. The summed E-state index contributed by atoms with van der Waals surface area (Å²) in [5, 5.41) is 0. The number of alkyl halides is 3. The zero-order valence-corrected chi connectivity index (χ0v) is 22.6. The summed E-state index contributed by atoms with van der Waals surface area (Å²) in [5.41, 5.74) is 3.43. The number of carbonyl (C=O) groups excluding carboxylic acids is 1. The number of rotatable bonds is 5. The van der Waals surface area contributed by atoms with Gasteiger partial charge in [0, 0.05) is 43.4 Å². The molecule has 0 bridgehead atoms. The summed E-state index contributed by atoms with van der Waals surface area (Å²) in [4.78, 5) is 21.8. The molecule has 3 heterocycles. The molecule has 2 aromatic carbocycles. The Bertz CT molecular complexity index is 1600. The van der Waals surface area contributed by atoms with E-state index in [-0.39, 0.29) is 24.3 Å². The molecule has 206 valence electrons. The highest BCUT2D eigenvalue weighted by molar-refractivity contribution is 5.98. The van der Waals surface area contributed by atoms with Crippen LogP contribution in [0.3, 0.4) is 0 Å². The van der Waals surface area contributed by atoms with Gasteiger partial charge >= 0.3 is 6.18 Å². The molecule has 1 saturated heterocycles. The lowest BCUT2D eigenvalue weighted by Crippen LogP contribution is -2.29. The highest BCUT2D eigenvalue weighted by Gasteiger charge is 2.34. The van der Waals surface area contributed by atoms with Crippen molar-refractivity contribution in [1.29, 1.82) is 0 Å². The molecule has 1 fully saturated rings. The summed E-state index contributed by atoms with van der Waals surface area (Å²) in [6.45, 7) is 5.40. The molecule has 1 aliphatic rings. The van der Waals surface area contributed by atoms with E-state index in [1.807, 2.05) is 48.8 Å². The van der Waals surface area contributed by atoms with E-state index >= 15 is 0 Å². The van der Waals surface area contributed by atoms with Crippen LogP contribution >= 0.6 is 0 Å². The monoisotopic (exact) mass is 544 g/mol. The van der Waals surface area contributed by atoms with Gasteiger partial charge in [0.1, 0.15) is 11.3 Å². The summed E-state index contributed by atoms with van der Waals surface area (Å²) in [5.74, 6) is 5.99. The van der Waals surface area contributed by atoms with Gasteiger partial charge in [-0.25, -0.2) is 4.98 Å². The summed E-state index contributed by atoms with van der Waals surface area (Å²) < 4.78 is 44.0. The fraction of sp³-hybridized carbons (Fsp3) is 0.312. The molecule has 0 aliphatic carbocycles. The first kappa shape index (κ1) is 27.6. The number of hydrogen-bond donors (Lipinski definition) is 0. The van der Waals surface area contributed by atoms with Crippen molar-refractivity contribution in [1.82, 2.24) is 19.2 Å². The van der Waals surface area contributed by atoms with Gasteiger partial charge in [0.25, 0.3) is 0 Å². The van der Waals surface area contributed by atoms with Crippen LogP contribution in [0, 0.1) is 18.8 Å². The van der Waals surface area contributed by atoms with Crippen molar-refractivity contribution in [2.75, 3.05) is 33.2 Å². The van der Waals surface area contributed by atoms with E-state index in [2.05, 4.69) is 26.6 Å². The maximum atomic E-state index is 14.0. The number of Topliss-reactive ketones (excluding diaryl/α,β-unsaturated/α-hetero) is 1. The topological polar surface area (TPSA) is 40.9 Å². The Hall–Kier alpha value is -3.93. The second kappa shape index (κ2) is 11.7. The number of ketones is 1. The van der Waals surface area contributed by atoms with Gasteiger partial charge in [-0.3, -0.25) is 14.1 Å². The predicted molar refractivity (Wildman–Crippen MR) is 149 cm³/mol. The van der Waals surface area contributed by atoms with Gasteiger partial charge in [-0.05, 0) is 80.4 Å². The van der Waals surface area contributed by atoms with Crippen molar-refractivity contribution in [3.05, 3.63) is 106 Å². The first-order valence-electron chi connectivity index (χ1n) is 13.4. The van der Waals surface area contributed by atoms with Crippen LogP contribution in [0.4, 0.5) is 13.2 Å². The van der Waals surface area contributed by atoms with E-state index in [0.29, 0.717) is 16.7 Å². The molecule has 40 heavy (non-hydrogen) atoms. The number of aryl methyl sites for hydroxylation is 1. The van der Waals surface area contributed by atoms with Gasteiger partial charge in [0.2, 0.25) is 0 Å². The molecule has 2 aromatic heterocycles. The first-order valence-corrected chi connectivity index (χ1v) is 13.4. The Morgan fingerprint density at radius 2 is 1.85 bits per heavy atom. The maximum Gasteiger partial charge on any atom is 0.416 e. The number of benzene rings is 2. The third-order valence-electron chi connectivity index (χ3n) is 7.35. The van der Waals surface area contributed by atoms with Gasteiger partial charge in [-0.1, -0.05) is 36.3 Å². The van der Waals surface area contributed by atoms with Crippen LogP contribution in [0.2, 0.25) is 0 Å². The number of hydrogen-bond acceptors (Lipinski definition) is 4. The molecule has 0 saturated carbocycles. The second-order valence-electron chi connectivity index (χ2n) is 10.4. The molecule has 1 aliphatic heterocycles. The molecule has 0 atom stereocenters. The van der Waals surface area contributed by atoms with Gasteiger partial charge in [-0.2, -0.15) is 13.2 Å². The number of halogens is 3. The molecule has 0 unspecified atom stereocenters. The summed E-state index contributed by atoms with van der Waals surface area (Å²) in [6, 6.07) is 15.2. The molecule has 5 nitrogen and oxygen atoms in total. The van der Waals surface area contributed by atoms with Crippen molar-refractivity contribution >= 4 is 11.4 Å². The molecular weight excluding hydrogens is 513 g/mol. The summed E-state index contributed by atoms with van der Waals surface area (Å²) >= 11 is 0. The van der Waals surface area contributed by atoms with Gasteiger partial charge in [-0.15, -0.1) is 0 Å². The van der Waals surface area contributed by atoms with Crippen LogP contribution < -0.4 is 0 Å². The fourth-order valence-corrected chi connectivity index (χ4v) is 5.01. The van der Waals surface area contributed by atoms with Crippen molar-refractivity contribution in [3.63, 3.8) is 0 Å². The van der Waals surface area contributed by atoms with E-state index in [1.54, 1.807) is 24.4 Å². The SMILES string of the molecule is Cc1ccc(C(=O)Cc2ccc(CN3CCCN(C)CC3)c(C(F)(F)F)c2)cc1C#Cc1cnc2ccccn12. The number of nitrogens with zero attached hydrogens (tertiary/aromatic N) is 4. The number of aromatic nitrogens is 2. The Morgan fingerprint density at radius 3 is 2.67 bits per heavy atom. The Balaban J connectivity index is 1.35. The molecule has 8 heteroatoms. The van der Waals surface area contributed by atoms with Crippen LogP contribution in [0.5, 0.6) is 0 Å². The lowest BCUT2D eigenvalue weighted by molar-refractivity contribution is -0.138. The largest absolute Gasteiger partial charge is 0.416 e. The minimum atomic E-state index is -4.50. The van der Waals surface area contributed by atoms with E-state index in [4.69, 9.17) is 0 Å². The van der Waals surface area contributed by atoms with Crippen molar-refractivity contribution in [3.8, 4) is 11.8 Å². The molecular formula is C32H31F3N4O. The molecule has 0 amide bonds. The van der Waals surface area contributed by atoms with Crippen LogP contribution in [-0.2, 0) is 19.1 Å². The number of carbonyl (C=O) groups is 1. The number of imidazole rings is 1. The Labute approximate surface area is 232 Å². The van der Waals surface area contributed by atoms with Crippen molar-refractivity contribution in [2.24, 2.45) is 0 Å². The fourth-order valence-electron chi connectivity index (χ4n) is 5.01. The van der Waals surface area contributed by atoms with E-state index < -0.39 is 11.7 Å². The smallest absolute Gasteiger partial charge is 0.305 e. The number of pyridine rings is 1. The third kappa shape index (κ3) is 6.44. The highest BCUT2D eigenvalue weighted by atomic mass is 19.4. The van der Waals surface area contributed by atoms with Crippen molar-refractivity contribution in [2.45, 2.75) is 32.5 Å². The molecule has 0 spiro atoms. The Kier molecular flexibility index (Phi) is 8.06. The summed E-state index contributed by atoms with van der Waals surface area (Å²) in [6.07, 6.45) is -0.124. The Morgan fingerprint density at radius 1 is 1.00 bits per heavy atom. The number of fused-ring (bicyclic) bond motifs is 1. The van der Waals surface area contributed by atoms with E-state index in [9.17, 15) is 18.0 Å². The highest BCUT2D eigenvalue weighted by Crippen LogP contribution is 2.34. The summed E-state index contributed by atoms with van der Waals surface area (Å²) in [7, 11) is 2.03. The first-order chi connectivity index (χ1) is 19.2. The zero-order valence-electron chi connectivity index (χ0n) is 22.6. The quantitative estimate of drug-likeness (QED) is 0.242. The predicted octanol–water partition coefficient (Wildman–Crippen LogP) is 5.62. The van der Waals surface area contributed by atoms with Crippen LogP contribution in [-0.4, -0.2) is 58.2 Å². The second-order valence-corrected chi connectivity index (χ2v) is 10.4. The van der Waals surface area contributed by atoms with Gasteiger partial charge in [0.15, 0.2) is 5.78 Å². The van der Waals surface area contributed by atoms with E-state index in [0.717, 1.165) is 55.6 Å². The molecule has 4 aromatic rings. The lowest BCUT2D eigenvalue weighted by atomic mass is 9.96. The standard InChI is InChI=1S/C32H31F3N4O/c1-23-7-9-26(20-25(23)11-12-28-21-36-31-6-3-4-15-39(28)31)30(40)19-24-8-10-27(29(18-24)32(33,34)35)22-38-14-5-13-37(2)16-17-38/h3-4,6-10,15,18,20-21H,5,13-14,16-17,19,22H2,1-2H3. The van der Waals surface area contributed by atoms with Gasteiger partial charge in [0.05, 0.1) is 11.8 Å². The molecule has 0 N–H and O–H groups in total. The average Bonchev–Trinajstić information content (AvgIpc) is 3.23. The maximum absolute atomic E-state index is 14.0. The van der Waals surface area contributed by atoms with Gasteiger partial charge < -0.3 is 4.90 Å². The molecule has 0 radical (unpaired) electrons. The van der Waals surface area contributed by atoms with Crippen molar-refractivity contribution < 1.29 is 18.0 Å².